The Morgan fingerprint density at radius 3 is 2.52 bits per heavy atom. The Labute approximate surface area is 127 Å². The van der Waals surface area contributed by atoms with Crippen LogP contribution in [0.15, 0.2) is 52.9 Å². The molecular formula is C15H15N2O2S2+. The molecule has 3 aromatic rings. The average molecular weight is 319 g/mol. The molecule has 0 fully saturated rings. The summed E-state index contributed by atoms with van der Waals surface area (Å²) < 4.78 is 25.9. The number of fused-ring (bicyclic) bond motifs is 1. The van der Waals surface area contributed by atoms with Crippen molar-refractivity contribution in [2.75, 3.05) is 0 Å². The van der Waals surface area contributed by atoms with Crippen LogP contribution >= 0.6 is 11.3 Å². The van der Waals surface area contributed by atoms with E-state index in [4.69, 9.17) is 5.14 Å². The molecule has 0 saturated heterocycles. The van der Waals surface area contributed by atoms with E-state index in [1.807, 2.05) is 0 Å². The number of rotatable bonds is 3. The van der Waals surface area contributed by atoms with Gasteiger partial charge in [0.15, 0.2) is 6.54 Å². The third kappa shape index (κ3) is 2.97. The van der Waals surface area contributed by atoms with Crippen molar-refractivity contribution < 1.29 is 13.0 Å². The van der Waals surface area contributed by atoms with Crippen molar-refractivity contribution in [1.29, 1.82) is 0 Å². The van der Waals surface area contributed by atoms with Gasteiger partial charge in [-0.1, -0.05) is 29.5 Å². The Balaban J connectivity index is 1.92. The molecule has 0 saturated carbocycles. The number of primary sulfonamides is 1. The minimum atomic E-state index is -3.63. The van der Waals surface area contributed by atoms with Gasteiger partial charge in [0, 0.05) is 11.6 Å². The summed E-state index contributed by atoms with van der Waals surface area (Å²) in [6.45, 7) is 2.78. The second kappa shape index (κ2) is 5.22. The predicted molar refractivity (Wildman–Crippen MR) is 83.7 cm³/mol. The Morgan fingerprint density at radius 1 is 1.14 bits per heavy atom. The van der Waals surface area contributed by atoms with E-state index < -0.39 is 10.0 Å². The predicted octanol–water partition coefficient (Wildman–Crippen LogP) is 2.19. The van der Waals surface area contributed by atoms with E-state index in [0.29, 0.717) is 6.54 Å². The smallest absolute Gasteiger partial charge is 0.225 e. The quantitative estimate of drug-likeness (QED) is 0.752. The average Bonchev–Trinajstić information content (AvgIpc) is 2.80. The van der Waals surface area contributed by atoms with E-state index in [1.54, 1.807) is 35.6 Å². The van der Waals surface area contributed by atoms with Crippen molar-refractivity contribution >= 4 is 31.6 Å². The first kappa shape index (κ1) is 14.2. The van der Waals surface area contributed by atoms with E-state index in [9.17, 15) is 8.42 Å². The highest BCUT2D eigenvalue weighted by molar-refractivity contribution is 7.89. The summed E-state index contributed by atoms with van der Waals surface area (Å²) in [4.78, 5) is 0.141. The summed E-state index contributed by atoms with van der Waals surface area (Å²) in [6.07, 6.45) is 0. The molecule has 0 bridgehead atoms. The third-order valence-electron chi connectivity index (χ3n) is 3.34. The highest BCUT2D eigenvalue weighted by atomic mass is 32.2. The summed E-state index contributed by atoms with van der Waals surface area (Å²) in [6, 6.07) is 13.1. The lowest BCUT2D eigenvalue weighted by atomic mass is 10.2. The molecule has 2 aromatic carbocycles. The number of hydrogen-bond acceptors (Lipinski definition) is 3. The maximum Gasteiger partial charge on any atom is 0.238 e. The highest BCUT2D eigenvalue weighted by Gasteiger charge is 2.13. The fraction of sp³-hybridized carbons (Fsp3) is 0.133. The van der Waals surface area contributed by atoms with Gasteiger partial charge < -0.3 is 0 Å². The van der Waals surface area contributed by atoms with E-state index in [1.165, 1.54) is 15.8 Å². The number of nitrogens with zero attached hydrogens (tertiary/aromatic N) is 1. The molecule has 108 valence electrons. The van der Waals surface area contributed by atoms with Gasteiger partial charge in [0.25, 0.3) is 0 Å². The van der Waals surface area contributed by atoms with Crippen LogP contribution in [0.25, 0.3) is 10.2 Å². The largest absolute Gasteiger partial charge is 0.238 e. The number of aromatic nitrogens is 1. The molecule has 3 rings (SSSR count). The lowest BCUT2D eigenvalue weighted by molar-refractivity contribution is -0.658. The van der Waals surface area contributed by atoms with Gasteiger partial charge in [0.1, 0.15) is 4.70 Å². The standard InChI is InChI=1S/C15H15N2O2S2/c1-11-2-7-14-15(8-11)20-10-17(14)9-12-3-5-13(6-4-12)21(16,18)19/h2-8,10H,9H2,1H3,(H2,16,18,19)/q+1. The Morgan fingerprint density at radius 2 is 1.86 bits per heavy atom. The first-order chi connectivity index (χ1) is 9.93. The van der Waals surface area contributed by atoms with Crippen LogP contribution in [-0.4, -0.2) is 8.42 Å². The van der Waals surface area contributed by atoms with Crippen molar-refractivity contribution in [2.24, 2.45) is 5.14 Å². The van der Waals surface area contributed by atoms with Crippen molar-refractivity contribution in [3.05, 3.63) is 59.1 Å². The number of thiazole rings is 1. The molecule has 0 aliphatic heterocycles. The lowest BCUT2D eigenvalue weighted by Crippen LogP contribution is -2.32. The molecule has 1 aromatic heterocycles. The summed E-state index contributed by atoms with van der Waals surface area (Å²) in [5, 5.41) is 5.10. The minimum absolute atomic E-state index is 0.141. The molecule has 0 atom stereocenters. The number of hydrogen-bond donors (Lipinski definition) is 1. The fourth-order valence-electron chi connectivity index (χ4n) is 2.23. The zero-order chi connectivity index (χ0) is 15.0. The van der Waals surface area contributed by atoms with E-state index >= 15 is 0 Å². The van der Waals surface area contributed by atoms with Gasteiger partial charge in [-0.2, -0.15) is 4.57 Å². The van der Waals surface area contributed by atoms with Gasteiger partial charge in [-0.05, 0) is 30.7 Å². The SMILES string of the molecule is Cc1ccc2c(c1)sc[n+]2Cc1ccc(S(N)(=O)=O)cc1. The van der Waals surface area contributed by atoms with Gasteiger partial charge in [0.05, 0.1) is 4.90 Å². The molecule has 6 heteroatoms. The zero-order valence-corrected chi connectivity index (χ0v) is 13.1. The first-order valence-corrected chi connectivity index (χ1v) is 8.85. The molecule has 0 amide bonds. The number of nitrogens with two attached hydrogens (primary N) is 1. The van der Waals surface area contributed by atoms with Crippen LogP contribution in [-0.2, 0) is 16.6 Å². The van der Waals surface area contributed by atoms with Crippen LogP contribution in [0.4, 0.5) is 0 Å². The molecule has 2 N–H and O–H groups in total. The van der Waals surface area contributed by atoms with Crippen molar-refractivity contribution in [3.63, 3.8) is 0 Å². The van der Waals surface area contributed by atoms with Crippen molar-refractivity contribution in [2.45, 2.75) is 18.4 Å². The first-order valence-electron chi connectivity index (χ1n) is 6.42. The summed E-state index contributed by atoms with van der Waals surface area (Å²) in [7, 11) is -3.63. The van der Waals surface area contributed by atoms with Gasteiger partial charge in [-0.15, -0.1) is 0 Å². The number of benzene rings is 2. The Kier molecular flexibility index (Phi) is 3.52. The fourth-order valence-corrected chi connectivity index (χ4v) is 3.74. The summed E-state index contributed by atoms with van der Waals surface area (Å²) >= 11 is 1.70. The third-order valence-corrected chi connectivity index (χ3v) is 5.21. The highest BCUT2D eigenvalue weighted by Crippen LogP contribution is 2.18. The number of sulfonamides is 1. The normalized spacial score (nSPS) is 11.9. The minimum Gasteiger partial charge on any atom is -0.225 e. The van der Waals surface area contributed by atoms with Crippen molar-refractivity contribution in [1.82, 2.24) is 0 Å². The number of aryl methyl sites for hydroxylation is 1. The molecule has 0 aliphatic carbocycles. The van der Waals surface area contributed by atoms with E-state index in [2.05, 4.69) is 35.2 Å². The lowest BCUT2D eigenvalue weighted by Gasteiger charge is -2.00. The van der Waals surface area contributed by atoms with Crippen LogP contribution in [0.3, 0.4) is 0 Å². The maximum absolute atomic E-state index is 11.2. The monoisotopic (exact) mass is 319 g/mol. The molecule has 4 nitrogen and oxygen atoms in total. The van der Waals surface area contributed by atoms with Crippen LogP contribution in [0, 0.1) is 6.92 Å². The van der Waals surface area contributed by atoms with Crippen LogP contribution in [0.2, 0.25) is 0 Å². The molecule has 0 radical (unpaired) electrons. The molecular weight excluding hydrogens is 304 g/mol. The van der Waals surface area contributed by atoms with Gasteiger partial charge in [0.2, 0.25) is 21.1 Å². The summed E-state index contributed by atoms with van der Waals surface area (Å²) in [5.41, 5.74) is 5.54. The molecule has 1 heterocycles. The van der Waals surface area contributed by atoms with Gasteiger partial charge >= 0.3 is 0 Å². The Hall–Kier alpha value is -1.76. The second-order valence-corrected chi connectivity index (χ2v) is 7.46. The Bertz CT molecular complexity index is 897. The van der Waals surface area contributed by atoms with Gasteiger partial charge in [-0.25, -0.2) is 13.6 Å². The van der Waals surface area contributed by atoms with E-state index in [-0.39, 0.29) is 4.90 Å². The van der Waals surface area contributed by atoms with E-state index in [0.717, 1.165) is 5.56 Å². The maximum atomic E-state index is 11.2. The molecule has 0 spiro atoms. The van der Waals surface area contributed by atoms with Crippen LogP contribution in [0.1, 0.15) is 11.1 Å². The summed E-state index contributed by atoms with van der Waals surface area (Å²) in [5.74, 6) is 0. The molecule has 0 unspecified atom stereocenters. The molecule has 0 aliphatic rings. The second-order valence-electron chi connectivity index (χ2n) is 5.01. The van der Waals surface area contributed by atoms with Crippen molar-refractivity contribution in [3.8, 4) is 0 Å². The van der Waals surface area contributed by atoms with Crippen LogP contribution in [0.5, 0.6) is 0 Å². The molecule has 21 heavy (non-hydrogen) atoms. The topological polar surface area (TPSA) is 64.0 Å². The zero-order valence-electron chi connectivity index (χ0n) is 11.5. The van der Waals surface area contributed by atoms with Crippen LogP contribution < -0.4 is 9.71 Å². The van der Waals surface area contributed by atoms with Gasteiger partial charge in [-0.3, -0.25) is 0 Å².